The number of amides is 1. The van der Waals surface area contributed by atoms with Gasteiger partial charge in [0.25, 0.3) is 5.89 Å². The van der Waals surface area contributed by atoms with E-state index in [1.807, 2.05) is 0 Å². The number of halogens is 4. The molecule has 112 valence electrons. The smallest absolute Gasteiger partial charge is 0.416 e. The summed E-state index contributed by atoms with van der Waals surface area (Å²) in [4.78, 5) is 14.3. The van der Waals surface area contributed by atoms with Gasteiger partial charge in [0.2, 0.25) is 5.82 Å². The summed E-state index contributed by atoms with van der Waals surface area (Å²) in [5.41, 5.74) is 4.25. The van der Waals surface area contributed by atoms with Crippen molar-refractivity contribution in [3.8, 4) is 11.5 Å². The molecule has 0 saturated heterocycles. The third kappa shape index (κ3) is 3.72. The number of benzene rings is 1. The quantitative estimate of drug-likeness (QED) is 0.901. The highest BCUT2D eigenvalue weighted by atomic mass is 79.9. The Morgan fingerprint density at radius 2 is 2.14 bits per heavy atom. The van der Waals surface area contributed by atoms with Crippen molar-refractivity contribution in [2.75, 3.05) is 0 Å². The van der Waals surface area contributed by atoms with Gasteiger partial charge in [-0.25, -0.2) is 4.79 Å². The number of alkyl halides is 3. The van der Waals surface area contributed by atoms with Crippen LogP contribution in [0.15, 0.2) is 27.2 Å². The van der Waals surface area contributed by atoms with Crippen LogP contribution in [0.3, 0.4) is 0 Å². The van der Waals surface area contributed by atoms with Crippen LogP contribution in [0.4, 0.5) is 18.0 Å². The Morgan fingerprint density at radius 1 is 1.43 bits per heavy atom. The number of carbonyl (C=O) groups is 1. The maximum Gasteiger partial charge on any atom is 0.416 e. The number of nitrogens with zero attached hydrogens (tertiary/aromatic N) is 2. The van der Waals surface area contributed by atoms with Crippen molar-refractivity contribution in [1.82, 2.24) is 10.1 Å². The fourth-order valence-corrected chi connectivity index (χ4v) is 1.97. The first-order valence-corrected chi connectivity index (χ1v) is 6.18. The van der Waals surface area contributed by atoms with Crippen LogP contribution in [0.1, 0.15) is 11.4 Å². The van der Waals surface area contributed by atoms with E-state index in [9.17, 15) is 18.0 Å². The second-order valence-corrected chi connectivity index (χ2v) is 4.67. The zero-order valence-electron chi connectivity index (χ0n) is 10.1. The molecule has 2 rings (SSSR count). The Labute approximate surface area is 124 Å². The first kappa shape index (κ1) is 15.3. The minimum atomic E-state index is -4.45. The standard InChI is InChI=1S/C11H7BrF3N3O3/c12-7-3-5(11(13,14)15)1-2-6(7)9-17-8(18-21-9)4-20-10(16)19/h1-3H,4H2,(H2,16,19). The zero-order chi connectivity index (χ0) is 15.6. The molecule has 0 unspecified atom stereocenters. The van der Waals surface area contributed by atoms with Gasteiger partial charge in [-0.3, -0.25) is 0 Å². The number of rotatable bonds is 3. The van der Waals surface area contributed by atoms with Gasteiger partial charge in [-0.05, 0) is 34.1 Å². The van der Waals surface area contributed by atoms with E-state index in [1.165, 1.54) is 6.07 Å². The summed E-state index contributed by atoms with van der Waals surface area (Å²) in [6.45, 7) is -0.295. The molecule has 2 aromatic rings. The Hall–Kier alpha value is -2.10. The second kappa shape index (κ2) is 5.72. The van der Waals surface area contributed by atoms with Crippen LogP contribution in [0.5, 0.6) is 0 Å². The first-order chi connectivity index (χ1) is 9.77. The van der Waals surface area contributed by atoms with Crippen LogP contribution >= 0.6 is 15.9 Å². The summed E-state index contributed by atoms with van der Waals surface area (Å²) >= 11 is 3.01. The molecule has 0 radical (unpaired) electrons. The summed E-state index contributed by atoms with van der Waals surface area (Å²) in [6.07, 6.45) is -5.45. The van der Waals surface area contributed by atoms with Crippen molar-refractivity contribution < 1.29 is 27.2 Å². The highest BCUT2D eigenvalue weighted by Gasteiger charge is 2.31. The number of carbonyl (C=O) groups excluding carboxylic acids is 1. The molecule has 1 heterocycles. The lowest BCUT2D eigenvalue weighted by atomic mass is 10.1. The van der Waals surface area contributed by atoms with E-state index in [0.29, 0.717) is 0 Å². The molecule has 0 aliphatic carbocycles. The van der Waals surface area contributed by atoms with Gasteiger partial charge in [0.15, 0.2) is 6.61 Å². The third-order valence-electron chi connectivity index (χ3n) is 2.34. The van der Waals surface area contributed by atoms with E-state index < -0.39 is 17.8 Å². The van der Waals surface area contributed by atoms with Crippen molar-refractivity contribution in [3.63, 3.8) is 0 Å². The van der Waals surface area contributed by atoms with Crippen molar-refractivity contribution in [2.45, 2.75) is 12.8 Å². The largest absolute Gasteiger partial charge is 0.441 e. The normalized spacial score (nSPS) is 11.4. The van der Waals surface area contributed by atoms with Crippen LogP contribution < -0.4 is 5.73 Å². The van der Waals surface area contributed by atoms with Crippen molar-refractivity contribution in [2.24, 2.45) is 5.73 Å². The van der Waals surface area contributed by atoms with Gasteiger partial charge in [-0.2, -0.15) is 18.2 Å². The molecule has 21 heavy (non-hydrogen) atoms. The van der Waals surface area contributed by atoms with Crippen LogP contribution in [0, 0.1) is 0 Å². The van der Waals surface area contributed by atoms with Gasteiger partial charge in [-0.15, -0.1) is 0 Å². The lowest BCUT2D eigenvalue weighted by molar-refractivity contribution is -0.137. The summed E-state index contributed by atoms with van der Waals surface area (Å²) in [6, 6.07) is 2.99. The fraction of sp³-hybridized carbons (Fsp3) is 0.182. The van der Waals surface area contributed by atoms with Crippen molar-refractivity contribution in [3.05, 3.63) is 34.1 Å². The number of hydrogen-bond acceptors (Lipinski definition) is 5. The number of primary amides is 1. The van der Waals surface area contributed by atoms with Crippen LogP contribution in [-0.2, 0) is 17.5 Å². The maximum absolute atomic E-state index is 12.5. The summed E-state index contributed by atoms with van der Waals surface area (Å²) in [5, 5.41) is 3.51. The lowest BCUT2D eigenvalue weighted by Crippen LogP contribution is -2.13. The minimum Gasteiger partial charge on any atom is -0.441 e. The monoisotopic (exact) mass is 365 g/mol. The Morgan fingerprint density at radius 3 is 2.71 bits per heavy atom. The highest BCUT2D eigenvalue weighted by molar-refractivity contribution is 9.10. The first-order valence-electron chi connectivity index (χ1n) is 5.39. The fourth-order valence-electron chi connectivity index (χ4n) is 1.42. The van der Waals surface area contributed by atoms with E-state index in [1.54, 1.807) is 0 Å². The van der Waals surface area contributed by atoms with Crippen molar-refractivity contribution in [1.29, 1.82) is 0 Å². The van der Waals surface area contributed by atoms with Gasteiger partial charge in [0, 0.05) is 4.47 Å². The Kier molecular flexibility index (Phi) is 4.16. The zero-order valence-corrected chi connectivity index (χ0v) is 11.7. The molecule has 2 N–H and O–H groups in total. The molecule has 0 atom stereocenters. The Bertz CT molecular complexity index is 672. The van der Waals surface area contributed by atoms with Gasteiger partial charge < -0.3 is 15.0 Å². The van der Waals surface area contributed by atoms with Gasteiger partial charge in [0.1, 0.15) is 0 Å². The molecule has 0 aliphatic rings. The second-order valence-electron chi connectivity index (χ2n) is 3.82. The summed E-state index contributed by atoms with van der Waals surface area (Å²) in [5.74, 6) is 0.0225. The number of aromatic nitrogens is 2. The topological polar surface area (TPSA) is 91.2 Å². The average Bonchev–Trinajstić information content (AvgIpc) is 2.83. The Balaban J connectivity index is 2.24. The third-order valence-corrected chi connectivity index (χ3v) is 2.99. The molecule has 0 fully saturated rings. The van der Waals surface area contributed by atoms with E-state index in [4.69, 9.17) is 10.3 Å². The van der Waals surface area contributed by atoms with Crippen LogP contribution in [0.2, 0.25) is 0 Å². The number of ether oxygens (including phenoxy) is 1. The SMILES string of the molecule is NC(=O)OCc1noc(-c2ccc(C(F)(F)F)cc2Br)n1. The summed E-state index contributed by atoms with van der Waals surface area (Å²) < 4.78 is 47.1. The molecule has 1 aromatic carbocycles. The van der Waals surface area contributed by atoms with Gasteiger partial charge in [0.05, 0.1) is 11.1 Å². The van der Waals surface area contributed by atoms with Crippen LogP contribution in [-0.4, -0.2) is 16.2 Å². The van der Waals surface area contributed by atoms with E-state index in [0.717, 1.165) is 12.1 Å². The predicted molar refractivity (Wildman–Crippen MR) is 66.8 cm³/mol. The number of hydrogen-bond donors (Lipinski definition) is 1. The number of nitrogens with two attached hydrogens (primary N) is 1. The van der Waals surface area contributed by atoms with Crippen LogP contribution in [0.25, 0.3) is 11.5 Å². The highest BCUT2D eigenvalue weighted by Crippen LogP contribution is 2.35. The van der Waals surface area contributed by atoms with Crippen molar-refractivity contribution >= 4 is 22.0 Å². The predicted octanol–water partition coefficient (Wildman–Crippen LogP) is 3.11. The van der Waals surface area contributed by atoms with E-state index in [-0.39, 0.29) is 28.4 Å². The molecule has 0 bridgehead atoms. The molecule has 0 aliphatic heterocycles. The molecule has 0 spiro atoms. The molecule has 1 amide bonds. The average molecular weight is 366 g/mol. The minimum absolute atomic E-state index is 0.0151. The molecular weight excluding hydrogens is 359 g/mol. The molecule has 0 saturated carbocycles. The molecule has 6 nitrogen and oxygen atoms in total. The van der Waals surface area contributed by atoms with E-state index >= 15 is 0 Å². The molecule has 10 heteroatoms. The molecular formula is C11H7BrF3N3O3. The van der Waals surface area contributed by atoms with Gasteiger partial charge >= 0.3 is 12.3 Å². The van der Waals surface area contributed by atoms with Gasteiger partial charge in [-0.1, -0.05) is 5.16 Å². The van der Waals surface area contributed by atoms with E-state index in [2.05, 4.69) is 30.8 Å². The summed E-state index contributed by atoms with van der Waals surface area (Å²) in [7, 11) is 0. The maximum atomic E-state index is 12.5. The lowest BCUT2D eigenvalue weighted by Gasteiger charge is -2.07. The molecule has 1 aromatic heterocycles.